The van der Waals surface area contributed by atoms with Crippen LogP contribution in [-0.4, -0.2) is 51.7 Å². The summed E-state index contributed by atoms with van der Waals surface area (Å²) in [7, 11) is -3.53. The van der Waals surface area contributed by atoms with Gasteiger partial charge in [-0.25, -0.2) is 8.42 Å². The van der Waals surface area contributed by atoms with Crippen molar-refractivity contribution >= 4 is 10.0 Å². The molecule has 1 saturated heterocycles. The number of fused-ring (bicyclic) bond motifs is 1. The Morgan fingerprint density at radius 2 is 1.90 bits per heavy atom. The minimum atomic E-state index is -3.53. The van der Waals surface area contributed by atoms with Crippen LogP contribution in [0.2, 0.25) is 0 Å². The van der Waals surface area contributed by atoms with Crippen molar-refractivity contribution in [2.24, 2.45) is 0 Å². The fourth-order valence-corrected chi connectivity index (χ4v) is 4.00. The zero-order valence-electron chi connectivity index (χ0n) is 11.2. The van der Waals surface area contributed by atoms with Crippen molar-refractivity contribution in [1.82, 2.24) is 4.31 Å². The van der Waals surface area contributed by atoms with Crippen molar-refractivity contribution in [1.29, 1.82) is 0 Å². The van der Waals surface area contributed by atoms with Crippen LogP contribution in [-0.2, 0) is 14.8 Å². The van der Waals surface area contributed by atoms with Gasteiger partial charge in [0.15, 0.2) is 11.5 Å². The summed E-state index contributed by atoms with van der Waals surface area (Å²) >= 11 is 0. The number of rotatable bonds is 2. The third-order valence-corrected chi connectivity index (χ3v) is 5.44. The second-order valence-corrected chi connectivity index (χ2v) is 6.74. The molecule has 20 heavy (non-hydrogen) atoms. The summed E-state index contributed by atoms with van der Waals surface area (Å²) in [6.45, 7) is 3.98. The van der Waals surface area contributed by atoms with E-state index in [1.54, 1.807) is 12.1 Å². The van der Waals surface area contributed by atoms with Crippen LogP contribution in [0.5, 0.6) is 11.5 Å². The van der Waals surface area contributed by atoms with E-state index in [9.17, 15) is 8.42 Å². The predicted octanol–water partition coefficient (Wildman–Crippen LogP) is 0.867. The van der Waals surface area contributed by atoms with Gasteiger partial charge in [-0.1, -0.05) is 0 Å². The number of hydrogen-bond donors (Lipinski definition) is 0. The summed E-state index contributed by atoms with van der Waals surface area (Å²) in [5, 5.41) is 0. The Kier molecular flexibility index (Phi) is 3.57. The van der Waals surface area contributed by atoms with Gasteiger partial charge in [-0.2, -0.15) is 4.31 Å². The lowest BCUT2D eigenvalue weighted by molar-refractivity contribution is 0.0392. The Hall–Kier alpha value is -1.31. The highest BCUT2D eigenvalue weighted by Crippen LogP contribution is 2.33. The Labute approximate surface area is 118 Å². The standard InChI is InChI=1S/C13H17NO5S/c1-10-9-17-5-4-14(10)20(15,16)11-2-3-12-13(8-11)19-7-6-18-12/h2-3,8,10H,4-7,9H2,1H3. The quantitative estimate of drug-likeness (QED) is 0.810. The van der Waals surface area contributed by atoms with Gasteiger partial charge >= 0.3 is 0 Å². The average molecular weight is 299 g/mol. The van der Waals surface area contributed by atoms with Crippen LogP contribution in [0.25, 0.3) is 0 Å². The first kappa shape index (κ1) is 13.7. The number of hydrogen-bond acceptors (Lipinski definition) is 5. The fraction of sp³-hybridized carbons (Fsp3) is 0.538. The fourth-order valence-electron chi connectivity index (χ4n) is 2.39. The van der Waals surface area contributed by atoms with Crippen molar-refractivity contribution in [3.8, 4) is 11.5 Å². The lowest BCUT2D eigenvalue weighted by Crippen LogP contribution is -2.46. The van der Waals surface area contributed by atoms with Crippen LogP contribution < -0.4 is 9.47 Å². The Balaban J connectivity index is 1.94. The molecule has 0 spiro atoms. The molecule has 1 atom stereocenters. The highest BCUT2D eigenvalue weighted by molar-refractivity contribution is 7.89. The van der Waals surface area contributed by atoms with Crippen molar-refractivity contribution in [2.75, 3.05) is 33.0 Å². The van der Waals surface area contributed by atoms with E-state index in [4.69, 9.17) is 14.2 Å². The molecule has 2 aliphatic rings. The first-order chi connectivity index (χ1) is 9.59. The third-order valence-electron chi connectivity index (χ3n) is 3.43. The minimum absolute atomic E-state index is 0.165. The lowest BCUT2D eigenvalue weighted by atomic mass is 10.3. The molecule has 0 bridgehead atoms. The molecule has 0 aliphatic carbocycles. The molecule has 7 heteroatoms. The van der Waals surface area contributed by atoms with E-state index in [1.807, 2.05) is 6.92 Å². The molecule has 0 aromatic heterocycles. The second kappa shape index (κ2) is 5.23. The van der Waals surface area contributed by atoms with E-state index in [2.05, 4.69) is 0 Å². The van der Waals surface area contributed by atoms with Gasteiger partial charge in [-0.05, 0) is 19.1 Å². The molecule has 1 aromatic rings. The molecule has 0 saturated carbocycles. The number of nitrogens with zero attached hydrogens (tertiary/aromatic N) is 1. The van der Waals surface area contributed by atoms with Crippen molar-refractivity contribution in [2.45, 2.75) is 17.9 Å². The maximum Gasteiger partial charge on any atom is 0.243 e. The second-order valence-electron chi connectivity index (χ2n) is 4.85. The highest BCUT2D eigenvalue weighted by atomic mass is 32.2. The van der Waals surface area contributed by atoms with Crippen LogP contribution >= 0.6 is 0 Å². The maximum absolute atomic E-state index is 12.7. The summed E-state index contributed by atoms with van der Waals surface area (Å²) < 4.78 is 42.9. The van der Waals surface area contributed by atoms with E-state index in [-0.39, 0.29) is 10.9 Å². The van der Waals surface area contributed by atoms with Gasteiger partial charge in [-0.15, -0.1) is 0 Å². The summed E-state index contributed by atoms with van der Waals surface area (Å²) in [4.78, 5) is 0.232. The number of morpholine rings is 1. The van der Waals surface area contributed by atoms with Gasteiger partial charge in [0.25, 0.3) is 0 Å². The minimum Gasteiger partial charge on any atom is -0.486 e. The van der Waals surface area contributed by atoms with E-state index >= 15 is 0 Å². The zero-order chi connectivity index (χ0) is 14.2. The van der Waals surface area contributed by atoms with Crippen LogP contribution in [0.3, 0.4) is 0 Å². The molecule has 110 valence electrons. The average Bonchev–Trinajstić information content (AvgIpc) is 2.47. The SMILES string of the molecule is CC1COCCN1S(=O)(=O)c1ccc2c(c1)OCCO2. The normalized spacial score (nSPS) is 23.6. The molecule has 0 N–H and O–H groups in total. The highest BCUT2D eigenvalue weighted by Gasteiger charge is 2.32. The smallest absolute Gasteiger partial charge is 0.243 e. The predicted molar refractivity (Wildman–Crippen MR) is 71.6 cm³/mol. The van der Waals surface area contributed by atoms with Crippen LogP contribution in [0, 0.1) is 0 Å². The zero-order valence-corrected chi connectivity index (χ0v) is 12.1. The maximum atomic E-state index is 12.7. The summed E-state index contributed by atoms with van der Waals surface area (Å²) in [5.74, 6) is 1.07. The number of ether oxygens (including phenoxy) is 3. The number of sulfonamides is 1. The molecule has 2 heterocycles. The molecule has 0 amide bonds. The molecule has 0 radical (unpaired) electrons. The molecule has 1 unspecified atom stereocenters. The van der Waals surface area contributed by atoms with E-state index in [1.165, 1.54) is 10.4 Å². The van der Waals surface area contributed by atoms with Gasteiger partial charge in [-0.3, -0.25) is 0 Å². The van der Waals surface area contributed by atoms with Gasteiger partial charge in [0.1, 0.15) is 13.2 Å². The van der Waals surface area contributed by atoms with E-state index in [0.29, 0.717) is 44.5 Å². The van der Waals surface area contributed by atoms with Crippen LogP contribution in [0.15, 0.2) is 23.1 Å². The van der Waals surface area contributed by atoms with Gasteiger partial charge in [0.2, 0.25) is 10.0 Å². The van der Waals surface area contributed by atoms with Crippen molar-refractivity contribution in [3.05, 3.63) is 18.2 Å². The van der Waals surface area contributed by atoms with Crippen LogP contribution in [0.1, 0.15) is 6.92 Å². The Morgan fingerprint density at radius 3 is 2.65 bits per heavy atom. The van der Waals surface area contributed by atoms with Crippen LogP contribution in [0.4, 0.5) is 0 Å². The van der Waals surface area contributed by atoms with Crippen molar-refractivity contribution < 1.29 is 22.6 Å². The first-order valence-electron chi connectivity index (χ1n) is 6.58. The largest absolute Gasteiger partial charge is 0.486 e. The molecular weight excluding hydrogens is 282 g/mol. The topological polar surface area (TPSA) is 65.1 Å². The molecular formula is C13H17NO5S. The van der Waals surface area contributed by atoms with Gasteiger partial charge in [0.05, 0.1) is 18.1 Å². The Bertz CT molecular complexity index is 601. The molecule has 1 fully saturated rings. The van der Waals surface area contributed by atoms with E-state index in [0.717, 1.165) is 0 Å². The lowest BCUT2D eigenvalue weighted by Gasteiger charge is -2.32. The summed E-state index contributed by atoms with van der Waals surface area (Å²) in [6, 6.07) is 4.57. The molecule has 6 nitrogen and oxygen atoms in total. The molecule has 2 aliphatic heterocycles. The monoisotopic (exact) mass is 299 g/mol. The van der Waals surface area contributed by atoms with Gasteiger partial charge in [0, 0.05) is 18.7 Å². The third kappa shape index (κ3) is 2.36. The molecule has 1 aromatic carbocycles. The molecule has 3 rings (SSSR count). The summed E-state index contributed by atoms with van der Waals surface area (Å²) in [6.07, 6.45) is 0. The number of benzene rings is 1. The van der Waals surface area contributed by atoms with Crippen molar-refractivity contribution in [3.63, 3.8) is 0 Å². The van der Waals surface area contributed by atoms with Gasteiger partial charge < -0.3 is 14.2 Å². The van der Waals surface area contributed by atoms with E-state index < -0.39 is 10.0 Å². The Morgan fingerprint density at radius 1 is 1.15 bits per heavy atom. The first-order valence-corrected chi connectivity index (χ1v) is 8.02. The summed E-state index contributed by atoms with van der Waals surface area (Å²) in [5.41, 5.74) is 0.